The van der Waals surface area contributed by atoms with E-state index in [4.69, 9.17) is 27.9 Å². The van der Waals surface area contributed by atoms with Crippen LogP contribution in [0.4, 0.5) is 0 Å². The van der Waals surface area contributed by atoms with Gasteiger partial charge in [0, 0.05) is 12.5 Å². The molecule has 1 aliphatic carbocycles. The first-order valence-electron chi connectivity index (χ1n) is 12.1. The third kappa shape index (κ3) is 6.40. The van der Waals surface area contributed by atoms with Gasteiger partial charge in [-0.05, 0) is 67.1 Å². The van der Waals surface area contributed by atoms with E-state index in [1.54, 1.807) is 30.2 Å². The number of carbonyl (C=O) groups excluding carboxylic acids is 2. The zero-order valence-electron chi connectivity index (χ0n) is 20.4. The number of carbonyl (C=O) groups is 2. The lowest BCUT2D eigenvalue weighted by Crippen LogP contribution is -2.45. The van der Waals surface area contributed by atoms with Gasteiger partial charge in [-0.3, -0.25) is 9.59 Å². The molecule has 5 nitrogen and oxygen atoms in total. The van der Waals surface area contributed by atoms with Gasteiger partial charge in [-0.1, -0.05) is 71.7 Å². The lowest BCUT2D eigenvalue weighted by Gasteiger charge is -2.33. The molecule has 2 amide bonds. The number of nitrogens with one attached hydrogen (secondary N) is 1. The van der Waals surface area contributed by atoms with Crippen LogP contribution < -0.4 is 10.1 Å². The Kier molecular flexibility index (Phi) is 8.55. The third-order valence-corrected chi connectivity index (χ3v) is 7.20. The van der Waals surface area contributed by atoms with E-state index >= 15 is 0 Å². The van der Waals surface area contributed by atoms with Crippen LogP contribution in [-0.4, -0.2) is 29.9 Å². The number of methoxy groups -OCH3 is 1. The average molecular weight is 525 g/mol. The summed E-state index contributed by atoms with van der Waals surface area (Å²) < 4.78 is 5.22. The maximum atomic E-state index is 13.8. The monoisotopic (exact) mass is 524 g/mol. The van der Waals surface area contributed by atoms with E-state index in [1.165, 1.54) is 0 Å². The second kappa shape index (κ2) is 11.8. The summed E-state index contributed by atoms with van der Waals surface area (Å²) in [5.41, 5.74) is 2.67. The summed E-state index contributed by atoms with van der Waals surface area (Å²) in [5, 5.41) is 3.87. The van der Waals surface area contributed by atoms with Crippen LogP contribution in [0.1, 0.15) is 55.0 Å². The summed E-state index contributed by atoms with van der Waals surface area (Å²) >= 11 is 12.5. The van der Waals surface area contributed by atoms with Crippen molar-refractivity contribution in [2.45, 2.75) is 50.7 Å². The van der Waals surface area contributed by atoms with Crippen molar-refractivity contribution in [1.82, 2.24) is 10.2 Å². The van der Waals surface area contributed by atoms with Gasteiger partial charge in [0.1, 0.15) is 11.8 Å². The highest BCUT2D eigenvalue weighted by molar-refractivity contribution is 6.42. The number of hydrogen-bond acceptors (Lipinski definition) is 3. The normalized spacial score (nSPS) is 14.6. The second-order valence-corrected chi connectivity index (χ2v) is 9.91. The number of aryl methyl sites for hydroxylation is 1. The predicted molar refractivity (Wildman–Crippen MR) is 143 cm³/mol. The molecule has 3 aromatic rings. The van der Waals surface area contributed by atoms with Crippen LogP contribution in [-0.2, 0) is 16.0 Å². The van der Waals surface area contributed by atoms with Crippen LogP contribution in [0.25, 0.3) is 0 Å². The molecule has 0 heterocycles. The Morgan fingerprint density at radius 3 is 2.28 bits per heavy atom. The minimum atomic E-state index is -0.804. The summed E-state index contributed by atoms with van der Waals surface area (Å²) in [6, 6.07) is 21.6. The Morgan fingerprint density at radius 2 is 1.67 bits per heavy atom. The molecule has 1 N–H and O–H groups in total. The van der Waals surface area contributed by atoms with E-state index in [2.05, 4.69) is 5.32 Å². The van der Waals surface area contributed by atoms with Crippen LogP contribution in [0, 0.1) is 0 Å². The quantitative estimate of drug-likeness (QED) is 0.327. The highest BCUT2D eigenvalue weighted by atomic mass is 35.5. The minimum absolute atomic E-state index is 0.0191. The molecule has 0 aliphatic heterocycles. The van der Waals surface area contributed by atoms with Gasteiger partial charge in [0.05, 0.1) is 23.2 Å². The Labute approximate surface area is 222 Å². The number of halogens is 2. The number of benzene rings is 3. The summed E-state index contributed by atoms with van der Waals surface area (Å²) in [6.45, 7) is 1.94. The van der Waals surface area contributed by atoms with Gasteiger partial charge in [-0.15, -0.1) is 0 Å². The van der Waals surface area contributed by atoms with Crippen molar-refractivity contribution < 1.29 is 14.3 Å². The number of nitrogens with zero attached hydrogens (tertiary/aromatic N) is 1. The van der Waals surface area contributed by atoms with Crippen molar-refractivity contribution in [1.29, 1.82) is 0 Å². The maximum absolute atomic E-state index is 13.8. The molecule has 0 radical (unpaired) electrons. The van der Waals surface area contributed by atoms with E-state index < -0.39 is 6.04 Å². The second-order valence-electron chi connectivity index (χ2n) is 9.10. The molecule has 7 heteroatoms. The molecule has 2 atom stereocenters. The molecule has 0 aromatic heterocycles. The average Bonchev–Trinajstić information content (AvgIpc) is 3.73. The topological polar surface area (TPSA) is 58.6 Å². The number of amides is 2. The molecular weight excluding hydrogens is 495 g/mol. The fourth-order valence-corrected chi connectivity index (χ4v) is 4.63. The fraction of sp³-hybridized carbons (Fsp3) is 0.310. The summed E-state index contributed by atoms with van der Waals surface area (Å²) in [7, 11) is 1.62. The minimum Gasteiger partial charge on any atom is -0.497 e. The Balaban J connectivity index is 1.59. The van der Waals surface area contributed by atoms with E-state index in [9.17, 15) is 9.59 Å². The zero-order valence-corrected chi connectivity index (χ0v) is 21.9. The standard InChI is InChI=1S/C29H30Cl2N2O3/c1-19(21-6-4-3-5-7-21)32-29(35)28(22-11-16-25(30)26(31)18-22)33(23-12-13-23)27(34)17-10-20-8-14-24(36-2)15-9-20/h3-9,11,14-16,18-19,23,28H,10,12-13,17H2,1-2H3,(H,32,35). The van der Waals surface area contributed by atoms with Gasteiger partial charge >= 0.3 is 0 Å². The zero-order chi connectivity index (χ0) is 25.7. The van der Waals surface area contributed by atoms with Crippen LogP contribution in [0.15, 0.2) is 72.8 Å². The van der Waals surface area contributed by atoms with Crippen molar-refractivity contribution in [3.63, 3.8) is 0 Å². The van der Waals surface area contributed by atoms with Crippen LogP contribution >= 0.6 is 23.2 Å². The molecule has 3 aromatic carbocycles. The van der Waals surface area contributed by atoms with Crippen molar-refractivity contribution in [3.05, 3.63) is 99.5 Å². The number of ether oxygens (including phenoxy) is 1. The Bertz CT molecular complexity index is 1200. The largest absolute Gasteiger partial charge is 0.497 e. The fourth-order valence-electron chi connectivity index (χ4n) is 4.32. The van der Waals surface area contributed by atoms with E-state index in [1.807, 2.05) is 61.5 Å². The first kappa shape index (κ1) is 26.1. The molecule has 0 bridgehead atoms. The van der Waals surface area contributed by atoms with Crippen LogP contribution in [0.2, 0.25) is 10.0 Å². The van der Waals surface area contributed by atoms with Gasteiger partial charge < -0.3 is 15.0 Å². The molecule has 4 rings (SSSR count). The van der Waals surface area contributed by atoms with Gasteiger partial charge in [0.2, 0.25) is 11.8 Å². The van der Waals surface area contributed by atoms with Gasteiger partial charge in [-0.25, -0.2) is 0 Å². The lowest BCUT2D eigenvalue weighted by molar-refractivity contribution is -0.141. The summed E-state index contributed by atoms with van der Waals surface area (Å²) in [5.74, 6) is 0.468. The van der Waals surface area contributed by atoms with E-state index in [0.717, 1.165) is 29.7 Å². The first-order chi connectivity index (χ1) is 17.4. The van der Waals surface area contributed by atoms with Crippen LogP contribution in [0.5, 0.6) is 5.75 Å². The molecule has 36 heavy (non-hydrogen) atoms. The molecule has 1 saturated carbocycles. The molecule has 0 spiro atoms. The molecule has 1 fully saturated rings. The molecule has 0 saturated heterocycles. The number of rotatable bonds is 10. The summed E-state index contributed by atoms with van der Waals surface area (Å²) in [4.78, 5) is 29.1. The van der Waals surface area contributed by atoms with Gasteiger partial charge in [-0.2, -0.15) is 0 Å². The summed E-state index contributed by atoms with van der Waals surface area (Å²) in [6.07, 6.45) is 2.60. The van der Waals surface area contributed by atoms with Gasteiger partial charge in [0.15, 0.2) is 0 Å². The van der Waals surface area contributed by atoms with E-state index in [0.29, 0.717) is 28.5 Å². The highest BCUT2D eigenvalue weighted by Crippen LogP contribution is 2.37. The SMILES string of the molecule is COc1ccc(CCC(=O)N(C2CC2)C(C(=O)NC(C)c2ccccc2)c2ccc(Cl)c(Cl)c2)cc1. The molecule has 188 valence electrons. The van der Waals surface area contributed by atoms with Crippen LogP contribution in [0.3, 0.4) is 0 Å². The van der Waals surface area contributed by atoms with Crippen molar-refractivity contribution >= 4 is 35.0 Å². The Morgan fingerprint density at radius 1 is 0.972 bits per heavy atom. The maximum Gasteiger partial charge on any atom is 0.247 e. The third-order valence-electron chi connectivity index (χ3n) is 6.46. The van der Waals surface area contributed by atoms with Gasteiger partial charge in [0.25, 0.3) is 0 Å². The highest BCUT2D eigenvalue weighted by Gasteiger charge is 2.41. The number of hydrogen-bond donors (Lipinski definition) is 1. The molecular formula is C29H30Cl2N2O3. The van der Waals surface area contributed by atoms with E-state index in [-0.39, 0.29) is 23.9 Å². The first-order valence-corrected chi connectivity index (χ1v) is 12.9. The Hall–Kier alpha value is -3.02. The van der Waals surface area contributed by atoms with Crippen molar-refractivity contribution in [2.24, 2.45) is 0 Å². The smallest absolute Gasteiger partial charge is 0.247 e. The van der Waals surface area contributed by atoms with Crippen molar-refractivity contribution in [2.75, 3.05) is 7.11 Å². The van der Waals surface area contributed by atoms with Crippen molar-refractivity contribution in [3.8, 4) is 5.75 Å². The molecule has 1 aliphatic rings. The lowest BCUT2D eigenvalue weighted by atomic mass is 10.0. The molecule has 2 unspecified atom stereocenters. The predicted octanol–water partition coefficient (Wildman–Crippen LogP) is 6.54.